The number of aliphatic hydroxyl groups is 1. The highest BCUT2D eigenvalue weighted by atomic mass is 35.5. The van der Waals surface area contributed by atoms with E-state index >= 15 is 0 Å². The second-order valence-electron chi connectivity index (χ2n) is 8.43. The molecule has 2 unspecified atom stereocenters. The van der Waals surface area contributed by atoms with Crippen LogP contribution in [0.4, 0.5) is 0 Å². The largest absolute Gasteiger partial charge is 0.511 e. The lowest BCUT2D eigenvalue weighted by atomic mass is 9.58. The summed E-state index contributed by atoms with van der Waals surface area (Å²) in [7, 11) is 0. The maximum absolute atomic E-state index is 13.3. The standard InChI is InChI=1S/C23H22Cl2O2/c1-22(2)17-10-11-23(22,3)21(27)19(20(17)26)16-12-14(6-9-18(16)25)13-4-7-15(24)8-5-13/h4-9,12,17,27H,10-11H2,1-3H3. The van der Waals surface area contributed by atoms with E-state index in [0.29, 0.717) is 21.2 Å². The van der Waals surface area contributed by atoms with Gasteiger partial charge in [0.2, 0.25) is 0 Å². The fourth-order valence-corrected chi connectivity index (χ4v) is 5.09. The summed E-state index contributed by atoms with van der Waals surface area (Å²) in [6, 6.07) is 13.1. The smallest absolute Gasteiger partial charge is 0.170 e. The Kier molecular flexibility index (Phi) is 4.21. The maximum Gasteiger partial charge on any atom is 0.170 e. The van der Waals surface area contributed by atoms with E-state index in [2.05, 4.69) is 20.8 Å². The monoisotopic (exact) mass is 400 g/mol. The van der Waals surface area contributed by atoms with Crippen LogP contribution < -0.4 is 0 Å². The lowest BCUT2D eigenvalue weighted by molar-refractivity contribution is -0.122. The minimum absolute atomic E-state index is 0.00244. The molecule has 2 nitrogen and oxygen atoms in total. The summed E-state index contributed by atoms with van der Waals surface area (Å²) >= 11 is 12.5. The van der Waals surface area contributed by atoms with Gasteiger partial charge in [0, 0.05) is 26.9 Å². The minimum Gasteiger partial charge on any atom is -0.511 e. The normalized spacial score (nSPS) is 26.6. The number of benzene rings is 2. The van der Waals surface area contributed by atoms with Gasteiger partial charge in [-0.3, -0.25) is 4.79 Å². The first kappa shape index (κ1) is 18.6. The summed E-state index contributed by atoms with van der Waals surface area (Å²) in [6.07, 6.45) is 1.60. The topological polar surface area (TPSA) is 37.3 Å². The van der Waals surface area contributed by atoms with Gasteiger partial charge in [0.1, 0.15) is 5.76 Å². The lowest BCUT2D eigenvalue weighted by Gasteiger charge is -2.45. The Hall–Kier alpha value is -1.77. The average molecular weight is 401 g/mol. The van der Waals surface area contributed by atoms with Crippen LogP contribution in [0.3, 0.4) is 0 Å². The molecule has 0 radical (unpaired) electrons. The second kappa shape index (κ2) is 6.12. The predicted octanol–water partition coefficient (Wildman–Crippen LogP) is 6.95. The van der Waals surface area contributed by atoms with Gasteiger partial charge in [0.25, 0.3) is 0 Å². The van der Waals surface area contributed by atoms with Crippen LogP contribution in [0.5, 0.6) is 0 Å². The van der Waals surface area contributed by atoms with E-state index in [1.807, 2.05) is 36.4 Å². The third-order valence-electron chi connectivity index (χ3n) is 6.96. The number of halogens is 2. The SMILES string of the molecule is CC12CCC(C(=O)C(c3cc(-c4ccc(Cl)cc4)ccc3Cl)=C1O)C2(C)C. The molecule has 2 atom stereocenters. The van der Waals surface area contributed by atoms with E-state index in [1.165, 1.54) is 0 Å². The Bertz CT molecular complexity index is 972. The van der Waals surface area contributed by atoms with Crippen LogP contribution in [0.1, 0.15) is 39.2 Å². The molecule has 4 heteroatoms. The van der Waals surface area contributed by atoms with Gasteiger partial charge in [-0.1, -0.05) is 62.2 Å². The average Bonchev–Trinajstić information content (AvgIpc) is 2.81. The summed E-state index contributed by atoms with van der Waals surface area (Å²) in [5, 5.41) is 12.3. The first-order valence-corrected chi connectivity index (χ1v) is 9.96. The van der Waals surface area contributed by atoms with Gasteiger partial charge in [0.05, 0.1) is 5.57 Å². The third-order valence-corrected chi connectivity index (χ3v) is 7.54. The molecule has 0 saturated heterocycles. The molecule has 1 N–H and O–H groups in total. The third kappa shape index (κ3) is 2.57. The van der Waals surface area contributed by atoms with Crippen molar-refractivity contribution in [2.24, 2.45) is 16.7 Å². The summed E-state index contributed by atoms with van der Waals surface area (Å²) in [6.45, 7) is 6.23. The molecule has 1 fully saturated rings. The maximum atomic E-state index is 13.3. The van der Waals surface area contributed by atoms with E-state index in [-0.39, 0.29) is 22.9 Å². The van der Waals surface area contributed by atoms with Crippen LogP contribution in [-0.4, -0.2) is 10.9 Å². The van der Waals surface area contributed by atoms with E-state index in [0.717, 1.165) is 24.0 Å². The van der Waals surface area contributed by atoms with Crippen molar-refractivity contribution in [2.45, 2.75) is 33.6 Å². The van der Waals surface area contributed by atoms with Crippen molar-refractivity contribution in [3.05, 3.63) is 63.8 Å². The van der Waals surface area contributed by atoms with E-state index < -0.39 is 5.41 Å². The van der Waals surface area contributed by atoms with E-state index in [4.69, 9.17) is 23.2 Å². The molecule has 2 aliphatic carbocycles. The Morgan fingerprint density at radius 3 is 2.30 bits per heavy atom. The molecule has 4 rings (SSSR count). The van der Waals surface area contributed by atoms with Gasteiger partial charge in [-0.05, 0) is 53.6 Å². The molecule has 0 aliphatic heterocycles. The van der Waals surface area contributed by atoms with Crippen molar-refractivity contribution < 1.29 is 9.90 Å². The Labute approximate surface area is 169 Å². The first-order chi connectivity index (χ1) is 12.7. The zero-order valence-electron chi connectivity index (χ0n) is 15.6. The van der Waals surface area contributed by atoms with Gasteiger partial charge in [-0.2, -0.15) is 0 Å². The van der Waals surface area contributed by atoms with Gasteiger partial charge in [0.15, 0.2) is 5.78 Å². The van der Waals surface area contributed by atoms with Crippen LogP contribution in [0.25, 0.3) is 16.7 Å². The summed E-state index contributed by atoms with van der Waals surface area (Å²) in [5.74, 6) is 0.0905. The van der Waals surface area contributed by atoms with Crippen molar-refractivity contribution in [2.75, 3.05) is 0 Å². The van der Waals surface area contributed by atoms with Crippen molar-refractivity contribution in [3.63, 3.8) is 0 Å². The Balaban J connectivity index is 1.90. The predicted molar refractivity (Wildman–Crippen MR) is 111 cm³/mol. The highest BCUT2D eigenvalue weighted by molar-refractivity contribution is 6.36. The number of rotatable bonds is 2. The van der Waals surface area contributed by atoms with Gasteiger partial charge < -0.3 is 5.11 Å². The lowest BCUT2D eigenvalue weighted by Crippen LogP contribution is -2.43. The summed E-state index contributed by atoms with van der Waals surface area (Å²) in [5.41, 5.74) is 2.23. The number of fused-ring (bicyclic) bond motifs is 2. The molecule has 2 aromatic rings. The second-order valence-corrected chi connectivity index (χ2v) is 9.28. The van der Waals surface area contributed by atoms with Crippen molar-refractivity contribution >= 4 is 34.6 Å². The number of hydrogen-bond donors (Lipinski definition) is 1. The van der Waals surface area contributed by atoms with Crippen LogP contribution in [0.15, 0.2) is 48.2 Å². The molecule has 2 aromatic carbocycles. The van der Waals surface area contributed by atoms with Gasteiger partial charge >= 0.3 is 0 Å². The number of allylic oxidation sites excluding steroid dienone is 2. The summed E-state index contributed by atoms with van der Waals surface area (Å²) < 4.78 is 0. The fourth-order valence-electron chi connectivity index (χ4n) is 4.75. The Morgan fingerprint density at radius 1 is 1.00 bits per heavy atom. The molecule has 0 spiro atoms. The molecule has 2 aliphatic rings. The molecular formula is C23H22Cl2O2. The number of hydrogen-bond acceptors (Lipinski definition) is 2. The number of carbonyl (C=O) groups is 1. The molecule has 1 saturated carbocycles. The number of aliphatic hydroxyl groups excluding tert-OH is 1. The minimum atomic E-state index is -0.416. The quantitative estimate of drug-likeness (QED) is 0.591. The molecule has 0 aromatic heterocycles. The Morgan fingerprint density at radius 2 is 1.63 bits per heavy atom. The molecule has 0 heterocycles. The van der Waals surface area contributed by atoms with E-state index in [1.54, 1.807) is 6.07 Å². The van der Waals surface area contributed by atoms with Gasteiger partial charge in [-0.25, -0.2) is 0 Å². The van der Waals surface area contributed by atoms with Crippen LogP contribution in [-0.2, 0) is 4.79 Å². The molecule has 0 amide bonds. The van der Waals surface area contributed by atoms with Crippen LogP contribution in [0, 0.1) is 16.7 Å². The number of ketones is 1. The first-order valence-electron chi connectivity index (χ1n) is 9.20. The molecule has 2 bridgehead atoms. The van der Waals surface area contributed by atoms with Gasteiger partial charge in [-0.15, -0.1) is 0 Å². The molecule has 27 heavy (non-hydrogen) atoms. The number of Topliss-reactive ketones (excluding diaryl/α,β-unsaturated/α-hetero) is 1. The molecule has 140 valence electrons. The number of carbonyl (C=O) groups excluding carboxylic acids is 1. The van der Waals surface area contributed by atoms with Crippen molar-refractivity contribution in [3.8, 4) is 11.1 Å². The van der Waals surface area contributed by atoms with Crippen molar-refractivity contribution in [1.29, 1.82) is 0 Å². The van der Waals surface area contributed by atoms with Crippen molar-refractivity contribution in [1.82, 2.24) is 0 Å². The fraction of sp³-hybridized carbons (Fsp3) is 0.348. The van der Waals surface area contributed by atoms with Crippen LogP contribution >= 0.6 is 23.2 Å². The zero-order valence-corrected chi connectivity index (χ0v) is 17.2. The van der Waals surface area contributed by atoms with Crippen LogP contribution in [0.2, 0.25) is 10.0 Å². The zero-order chi connectivity index (χ0) is 19.6. The highest BCUT2D eigenvalue weighted by Gasteiger charge is 2.61. The molecular weight excluding hydrogens is 379 g/mol. The summed E-state index contributed by atoms with van der Waals surface area (Å²) in [4.78, 5) is 13.3. The van der Waals surface area contributed by atoms with E-state index in [9.17, 15) is 9.90 Å². The highest BCUT2D eigenvalue weighted by Crippen LogP contribution is 2.64.